The van der Waals surface area contributed by atoms with Crippen molar-refractivity contribution in [3.05, 3.63) is 29.8 Å². The molecule has 0 aliphatic carbocycles. The third kappa shape index (κ3) is 3.18. The number of benzene rings is 1. The Kier molecular flexibility index (Phi) is 3.31. The second kappa shape index (κ2) is 4.73. The van der Waals surface area contributed by atoms with Crippen molar-refractivity contribution in [2.45, 2.75) is 12.0 Å². The largest absolute Gasteiger partial charge is 0.508 e. The zero-order chi connectivity index (χ0) is 12.3. The maximum Gasteiger partial charge on any atom is 0.224 e. The molecule has 1 heterocycles. The van der Waals surface area contributed by atoms with Crippen molar-refractivity contribution in [3.63, 3.8) is 0 Å². The number of amides is 1. The van der Waals surface area contributed by atoms with Crippen LogP contribution >= 0.6 is 0 Å². The van der Waals surface area contributed by atoms with Crippen LogP contribution in [-0.4, -0.2) is 41.4 Å². The van der Waals surface area contributed by atoms with Gasteiger partial charge in [-0.05, 0) is 17.7 Å². The highest BCUT2D eigenvalue weighted by Crippen LogP contribution is 2.11. The Morgan fingerprint density at radius 3 is 2.53 bits per heavy atom. The molecule has 1 aromatic carbocycles. The number of carbonyl (C=O) groups is 1. The van der Waals surface area contributed by atoms with Gasteiger partial charge in [0.05, 0.1) is 6.42 Å². The molecule has 17 heavy (non-hydrogen) atoms. The van der Waals surface area contributed by atoms with Gasteiger partial charge in [0.15, 0.2) is 0 Å². The van der Waals surface area contributed by atoms with E-state index in [-0.39, 0.29) is 24.6 Å². The molecule has 0 aromatic heterocycles. The first-order valence-corrected chi connectivity index (χ1v) is 5.55. The molecule has 1 fully saturated rings. The predicted molar refractivity (Wildman–Crippen MR) is 62.6 cm³/mol. The minimum Gasteiger partial charge on any atom is -0.508 e. The Labute approximate surface area is 99.5 Å². The van der Waals surface area contributed by atoms with E-state index in [0.29, 0.717) is 13.1 Å². The van der Waals surface area contributed by atoms with E-state index in [4.69, 9.17) is 5.11 Å². The summed E-state index contributed by atoms with van der Waals surface area (Å²) in [6.07, 6.45) is 0.254. The number of phenols is 1. The van der Waals surface area contributed by atoms with Crippen molar-refractivity contribution >= 4 is 5.91 Å². The number of hydrogen-bond acceptors (Lipinski definition) is 4. The van der Waals surface area contributed by atoms with E-state index >= 15 is 0 Å². The summed E-state index contributed by atoms with van der Waals surface area (Å²) in [4.78, 5) is 11.6. The molecule has 92 valence electrons. The van der Waals surface area contributed by atoms with Crippen LogP contribution in [0.4, 0.5) is 0 Å². The van der Waals surface area contributed by atoms with Gasteiger partial charge in [-0.15, -0.1) is 0 Å². The molecule has 0 bridgehead atoms. The maximum absolute atomic E-state index is 11.6. The lowest BCUT2D eigenvalue weighted by atomic mass is 9.97. The van der Waals surface area contributed by atoms with E-state index in [1.165, 1.54) is 0 Å². The van der Waals surface area contributed by atoms with Gasteiger partial charge in [0, 0.05) is 19.6 Å². The summed E-state index contributed by atoms with van der Waals surface area (Å²) in [5, 5.41) is 24.5. The fourth-order valence-electron chi connectivity index (χ4n) is 1.66. The van der Waals surface area contributed by atoms with E-state index in [2.05, 4.69) is 10.6 Å². The average Bonchev–Trinajstić information content (AvgIpc) is 2.27. The Hall–Kier alpha value is -1.59. The molecule has 0 saturated carbocycles. The number of carbonyl (C=O) groups excluding carboxylic acids is 1. The molecule has 0 spiro atoms. The lowest BCUT2D eigenvalue weighted by molar-refractivity contribution is -0.122. The monoisotopic (exact) mass is 236 g/mol. The van der Waals surface area contributed by atoms with Crippen molar-refractivity contribution in [2.24, 2.45) is 0 Å². The molecule has 2 rings (SSSR count). The molecular weight excluding hydrogens is 220 g/mol. The van der Waals surface area contributed by atoms with Gasteiger partial charge in [0.25, 0.3) is 0 Å². The van der Waals surface area contributed by atoms with Crippen molar-refractivity contribution < 1.29 is 15.0 Å². The number of nitrogens with one attached hydrogen (secondary N) is 2. The van der Waals surface area contributed by atoms with Crippen LogP contribution in [0.3, 0.4) is 0 Å². The molecular formula is C12H16N2O3. The van der Waals surface area contributed by atoms with Gasteiger partial charge in [0.1, 0.15) is 11.4 Å². The summed E-state index contributed by atoms with van der Waals surface area (Å²) >= 11 is 0. The minimum absolute atomic E-state index is 0.129. The Balaban J connectivity index is 1.79. The summed E-state index contributed by atoms with van der Waals surface area (Å²) in [6, 6.07) is 6.50. The lowest BCUT2D eigenvalue weighted by Gasteiger charge is -2.37. The molecule has 1 aromatic rings. The summed E-state index contributed by atoms with van der Waals surface area (Å²) in [5.41, 5.74) is 0.0453. The second-order valence-corrected chi connectivity index (χ2v) is 4.45. The minimum atomic E-state index is -0.787. The zero-order valence-corrected chi connectivity index (χ0v) is 9.44. The summed E-state index contributed by atoms with van der Waals surface area (Å²) in [5.74, 6) is 0.0556. The van der Waals surface area contributed by atoms with Crippen LogP contribution in [0.2, 0.25) is 0 Å². The molecule has 5 nitrogen and oxygen atoms in total. The summed E-state index contributed by atoms with van der Waals surface area (Å²) in [7, 11) is 0. The fraction of sp³-hybridized carbons (Fsp3) is 0.417. The third-order valence-corrected chi connectivity index (χ3v) is 2.82. The maximum atomic E-state index is 11.6. The van der Waals surface area contributed by atoms with E-state index in [0.717, 1.165) is 5.56 Å². The number of rotatable bonds is 4. The first-order chi connectivity index (χ1) is 8.07. The van der Waals surface area contributed by atoms with Crippen molar-refractivity contribution in [2.75, 3.05) is 19.6 Å². The topological polar surface area (TPSA) is 81.6 Å². The molecule has 1 aliphatic heterocycles. The van der Waals surface area contributed by atoms with Crippen molar-refractivity contribution in [1.29, 1.82) is 0 Å². The van der Waals surface area contributed by atoms with Crippen molar-refractivity contribution in [1.82, 2.24) is 10.6 Å². The highest BCUT2D eigenvalue weighted by molar-refractivity contribution is 5.78. The second-order valence-electron chi connectivity index (χ2n) is 4.45. The van der Waals surface area contributed by atoms with Crippen LogP contribution in [0.1, 0.15) is 5.56 Å². The van der Waals surface area contributed by atoms with Gasteiger partial charge in [-0.25, -0.2) is 0 Å². The highest BCUT2D eigenvalue weighted by atomic mass is 16.3. The molecule has 0 radical (unpaired) electrons. The lowest BCUT2D eigenvalue weighted by Crippen LogP contribution is -2.64. The number of aromatic hydroxyl groups is 1. The van der Waals surface area contributed by atoms with Gasteiger partial charge in [-0.1, -0.05) is 12.1 Å². The number of hydrogen-bond donors (Lipinski definition) is 4. The SMILES string of the molecule is O=C(Cc1ccc(O)cc1)NCC1(O)CNC1. The molecule has 1 saturated heterocycles. The van der Waals surface area contributed by atoms with E-state index < -0.39 is 5.60 Å². The Bertz CT molecular complexity index is 399. The average molecular weight is 236 g/mol. The van der Waals surface area contributed by atoms with Crippen LogP contribution < -0.4 is 10.6 Å². The van der Waals surface area contributed by atoms with Gasteiger partial charge >= 0.3 is 0 Å². The van der Waals surface area contributed by atoms with E-state index in [9.17, 15) is 9.90 Å². The molecule has 4 N–H and O–H groups in total. The summed E-state index contributed by atoms with van der Waals surface area (Å²) < 4.78 is 0. The smallest absolute Gasteiger partial charge is 0.224 e. The first-order valence-electron chi connectivity index (χ1n) is 5.55. The van der Waals surface area contributed by atoms with Gasteiger partial charge < -0.3 is 20.8 Å². The van der Waals surface area contributed by atoms with Crippen molar-refractivity contribution in [3.8, 4) is 5.75 Å². The van der Waals surface area contributed by atoms with Crippen LogP contribution in [0.15, 0.2) is 24.3 Å². The first kappa shape index (κ1) is 11.9. The van der Waals surface area contributed by atoms with E-state index in [1.807, 2.05) is 0 Å². The van der Waals surface area contributed by atoms with Gasteiger partial charge in [0.2, 0.25) is 5.91 Å². The van der Waals surface area contributed by atoms with Crippen LogP contribution in [0.5, 0.6) is 5.75 Å². The molecule has 0 unspecified atom stereocenters. The molecule has 0 atom stereocenters. The van der Waals surface area contributed by atoms with Crippen LogP contribution in [0, 0.1) is 0 Å². The fourth-order valence-corrected chi connectivity index (χ4v) is 1.66. The van der Waals surface area contributed by atoms with Gasteiger partial charge in [-0.2, -0.15) is 0 Å². The number of aliphatic hydroxyl groups is 1. The van der Waals surface area contributed by atoms with Gasteiger partial charge in [-0.3, -0.25) is 4.79 Å². The Morgan fingerprint density at radius 2 is 2.00 bits per heavy atom. The van der Waals surface area contributed by atoms with Crippen LogP contribution in [0.25, 0.3) is 0 Å². The number of phenolic OH excluding ortho intramolecular Hbond substituents is 1. The third-order valence-electron chi connectivity index (χ3n) is 2.82. The zero-order valence-electron chi connectivity index (χ0n) is 9.44. The molecule has 1 amide bonds. The Morgan fingerprint density at radius 1 is 1.35 bits per heavy atom. The number of β-amino-alcohol motifs (C(OH)–C–C–N with tert-alkyl or cyclic N) is 1. The molecule has 5 heteroatoms. The summed E-state index contributed by atoms with van der Waals surface area (Å²) in [6.45, 7) is 1.32. The van der Waals surface area contributed by atoms with E-state index in [1.54, 1.807) is 24.3 Å². The van der Waals surface area contributed by atoms with Crippen LogP contribution in [-0.2, 0) is 11.2 Å². The quantitative estimate of drug-likeness (QED) is 0.562. The molecule has 1 aliphatic rings. The normalized spacial score (nSPS) is 17.2. The standard InChI is InChI=1S/C12H16N2O3/c15-10-3-1-9(2-4-10)5-11(16)14-8-12(17)6-13-7-12/h1-4,13,15,17H,5-8H2,(H,14,16). The predicted octanol–water partition coefficient (Wildman–Crippen LogP) is -0.615. The highest BCUT2D eigenvalue weighted by Gasteiger charge is 2.34.